The summed E-state index contributed by atoms with van der Waals surface area (Å²) in [6, 6.07) is 12.4. The predicted molar refractivity (Wildman–Crippen MR) is 116 cm³/mol. The van der Waals surface area contributed by atoms with Crippen LogP contribution in [0.4, 0.5) is 17.1 Å². The zero-order valence-corrected chi connectivity index (χ0v) is 17.7. The number of nitrogens with zero attached hydrogens (tertiary/aromatic N) is 2. The van der Waals surface area contributed by atoms with Gasteiger partial charge >= 0.3 is 0 Å². The van der Waals surface area contributed by atoms with Gasteiger partial charge in [0.1, 0.15) is 6.54 Å². The Balaban J connectivity index is 1.44. The van der Waals surface area contributed by atoms with Crippen molar-refractivity contribution in [1.82, 2.24) is 0 Å². The van der Waals surface area contributed by atoms with E-state index in [-0.39, 0.29) is 13.3 Å². The van der Waals surface area contributed by atoms with Crippen LogP contribution in [-0.2, 0) is 14.8 Å². The first kappa shape index (κ1) is 20.3. The second-order valence-electron chi connectivity index (χ2n) is 7.45. The van der Waals surface area contributed by atoms with E-state index in [4.69, 9.17) is 9.47 Å². The molecule has 9 heteroatoms. The van der Waals surface area contributed by atoms with Crippen molar-refractivity contribution in [3.63, 3.8) is 0 Å². The lowest BCUT2D eigenvalue weighted by Gasteiger charge is -2.28. The number of fused-ring (bicyclic) bond motifs is 1. The summed E-state index contributed by atoms with van der Waals surface area (Å²) >= 11 is 0. The molecule has 8 nitrogen and oxygen atoms in total. The zero-order chi connectivity index (χ0) is 21.1. The Morgan fingerprint density at radius 3 is 2.43 bits per heavy atom. The summed E-state index contributed by atoms with van der Waals surface area (Å²) < 4.78 is 36.2. The second kappa shape index (κ2) is 8.43. The van der Waals surface area contributed by atoms with Gasteiger partial charge in [0, 0.05) is 30.5 Å². The number of piperidine rings is 1. The number of hydrogen-bond acceptors (Lipinski definition) is 6. The van der Waals surface area contributed by atoms with E-state index in [1.807, 2.05) is 24.3 Å². The molecule has 160 valence electrons. The molecule has 1 amide bonds. The van der Waals surface area contributed by atoms with Gasteiger partial charge in [0.05, 0.1) is 11.9 Å². The van der Waals surface area contributed by atoms with E-state index in [2.05, 4.69) is 10.2 Å². The molecule has 2 heterocycles. The molecule has 1 saturated heterocycles. The summed E-state index contributed by atoms with van der Waals surface area (Å²) in [6.07, 6.45) is 4.72. The molecule has 2 aliphatic rings. The van der Waals surface area contributed by atoms with E-state index < -0.39 is 15.9 Å². The lowest BCUT2D eigenvalue weighted by Crippen LogP contribution is -2.37. The van der Waals surface area contributed by atoms with Gasteiger partial charge in [-0.2, -0.15) is 0 Å². The number of sulfonamides is 1. The van der Waals surface area contributed by atoms with E-state index in [1.165, 1.54) is 19.3 Å². The Morgan fingerprint density at radius 2 is 1.73 bits per heavy atom. The second-order valence-corrected chi connectivity index (χ2v) is 9.36. The van der Waals surface area contributed by atoms with Crippen LogP contribution >= 0.6 is 0 Å². The first-order valence-electron chi connectivity index (χ1n) is 9.92. The van der Waals surface area contributed by atoms with Gasteiger partial charge in [-0.1, -0.05) is 0 Å². The third kappa shape index (κ3) is 4.62. The van der Waals surface area contributed by atoms with E-state index >= 15 is 0 Å². The molecule has 0 aliphatic carbocycles. The van der Waals surface area contributed by atoms with Gasteiger partial charge in [0.15, 0.2) is 11.5 Å². The molecule has 0 unspecified atom stereocenters. The van der Waals surface area contributed by atoms with Crippen LogP contribution in [0.15, 0.2) is 42.5 Å². The molecular formula is C21H25N3O5S. The van der Waals surface area contributed by atoms with E-state index in [1.54, 1.807) is 18.2 Å². The third-order valence-corrected chi connectivity index (χ3v) is 6.34. The minimum absolute atomic E-state index is 0.0889. The van der Waals surface area contributed by atoms with Crippen LogP contribution < -0.4 is 24.0 Å². The first-order chi connectivity index (χ1) is 14.4. The molecule has 2 aromatic carbocycles. The highest BCUT2D eigenvalue weighted by molar-refractivity contribution is 7.92. The minimum Gasteiger partial charge on any atom is -0.454 e. The van der Waals surface area contributed by atoms with Crippen LogP contribution in [0.25, 0.3) is 0 Å². The van der Waals surface area contributed by atoms with Crippen molar-refractivity contribution in [3.8, 4) is 11.5 Å². The van der Waals surface area contributed by atoms with Crippen LogP contribution in [0.5, 0.6) is 11.5 Å². The summed E-state index contributed by atoms with van der Waals surface area (Å²) in [5.41, 5.74) is 2.10. The molecule has 4 rings (SSSR count). The summed E-state index contributed by atoms with van der Waals surface area (Å²) in [4.78, 5) is 14.9. The molecular weight excluding hydrogens is 406 g/mol. The van der Waals surface area contributed by atoms with Gasteiger partial charge in [-0.25, -0.2) is 8.42 Å². The standard InChI is InChI=1S/C21H25N3O5S/c1-30(26,27)24(18-9-10-19-20(13-18)29-15-28-19)14-21(25)22-16-5-7-17(8-6-16)23-11-3-2-4-12-23/h5-10,13H,2-4,11-12,14-15H2,1H3,(H,22,25). The Bertz CT molecular complexity index is 1020. The Hall–Kier alpha value is -2.94. The maximum Gasteiger partial charge on any atom is 0.245 e. The molecule has 2 aromatic rings. The summed E-state index contributed by atoms with van der Waals surface area (Å²) in [5.74, 6) is 0.573. The number of amides is 1. The van der Waals surface area contributed by atoms with Gasteiger partial charge in [0.2, 0.25) is 22.7 Å². The number of hydrogen-bond donors (Lipinski definition) is 1. The molecule has 0 saturated carbocycles. The van der Waals surface area contributed by atoms with E-state index in [9.17, 15) is 13.2 Å². The lowest BCUT2D eigenvalue weighted by atomic mass is 10.1. The van der Waals surface area contributed by atoms with Crippen molar-refractivity contribution >= 4 is 33.0 Å². The van der Waals surface area contributed by atoms with Crippen LogP contribution in [0.3, 0.4) is 0 Å². The summed E-state index contributed by atoms with van der Waals surface area (Å²) in [5, 5.41) is 2.78. The number of nitrogens with one attached hydrogen (secondary N) is 1. The topological polar surface area (TPSA) is 88.2 Å². The van der Waals surface area contributed by atoms with Crippen LogP contribution in [0.2, 0.25) is 0 Å². The van der Waals surface area contributed by atoms with Crippen LogP contribution in [0, 0.1) is 0 Å². The number of ether oxygens (including phenoxy) is 2. The third-order valence-electron chi connectivity index (χ3n) is 5.20. The number of benzene rings is 2. The Labute approximate surface area is 176 Å². The largest absolute Gasteiger partial charge is 0.454 e. The maximum atomic E-state index is 12.6. The average molecular weight is 432 g/mol. The van der Waals surface area contributed by atoms with Crippen LogP contribution in [0.1, 0.15) is 19.3 Å². The highest BCUT2D eigenvalue weighted by atomic mass is 32.2. The van der Waals surface area contributed by atoms with Crippen molar-refractivity contribution in [3.05, 3.63) is 42.5 Å². The zero-order valence-electron chi connectivity index (χ0n) is 16.8. The minimum atomic E-state index is -3.67. The van der Waals surface area contributed by atoms with Gasteiger partial charge in [-0.15, -0.1) is 0 Å². The first-order valence-corrected chi connectivity index (χ1v) is 11.8. The van der Waals surface area contributed by atoms with E-state index in [0.717, 1.165) is 29.3 Å². The fourth-order valence-electron chi connectivity index (χ4n) is 3.68. The fourth-order valence-corrected chi connectivity index (χ4v) is 4.53. The number of rotatable bonds is 6. The van der Waals surface area contributed by atoms with Crippen molar-refractivity contribution in [1.29, 1.82) is 0 Å². The summed E-state index contributed by atoms with van der Waals surface area (Å²) in [7, 11) is -3.67. The highest BCUT2D eigenvalue weighted by Crippen LogP contribution is 2.36. The summed E-state index contributed by atoms with van der Waals surface area (Å²) in [6.45, 7) is 1.84. The molecule has 0 spiro atoms. The van der Waals surface area contributed by atoms with Crippen LogP contribution in [-0.4, -0.2) is 47.0 Å². The normalized spacial score (nSPS) is 15.7. The maximum absolute atomic E-state index is 12.6. The SMILES string of the molecule is CS(=O)(=O)N(CC(=O)Nc1ccc(N2CCCCC2)cc1)c1ccc2c(c1)OCO2. The lowest BCUT2D eigenvalue weighted by molar-refractivity contribution is -0.114. The van der Waals surface area contributed by atoms with Gasteiger partial charge in [0.25, 0.3) is 0 Å². The van der Waals surface area contributed by atoms with Gasteiger partial charge in [-0.3, -0.25) is 9.10 Å². The van der Waals surface area contributed by atoms with Gasteiger partial charge in [-0.05, 0) is 55.7 Å². The van der Waals surface area contributed by atoms with Crippen molar-refractivity contribution in [2.75, 3.05) is 47.2 Å². The number of anilines is 3. The molecule has 0 radical (unpaired) electrons. The monoisotopic (exact) mass is 431 g/mol. The van der Waals surface area contributed by atoms with E-state index in [0.29, 0.717) is 22.9 Å². The molecule has 0 atom stereocenters. The molecule has 0 aromatic heterocycles. The quantitative estimate of drug-likeness (QED) is 0.757. The average Bonchev–Trinajstić information content (AvgIpc) is 3.20. The molecule has 30 heavy (non-hydrogen) atoms. The Morgan fingerprint density at radius 1 is 1.03 bits per heavy atom. The van der Waals surface area contributed by atoms with Crippen molar-refractivity contribution in [2.24, 2.45) is 0 Å². The molecule has 0 bridgehead atoms. The molecule has 1 fully saturated rings. The molecule has 2 aliphatic heterocycles. The Kier molecular flexibility index (Phi) is 5.72. The number of carbonyl (C=O) groups excluding carboxylic acids is 1. The fraction of sp³-hybridized carbons (Fsp3) is 0.381. The highest BCUT2D eigenvalue weighted by Gasteiger charge is 2.24. The smallest absolute Gasteiger partial charge is 0.245 e. The predicted octanol–water partition coefficient (Wildman–Crippen LogP) is 2.81. The van der Waals surface area contributed by atoms with Crippen molar-refractivity contribution in [2.45, 2.75) is 19.3 Å². The number of carbonyl (C=O) groups is 1. The van der Waals surface area contributed by atoms with Gasteiger partial charge < -0.3 is 19.7 Å². The van der Waals surface area contributed by atoms with Crippen molar-refractivity contribution < 1.29 is 22.7 Å². The molecule has 1 N–H and O–H groups in total.